The molecular weight excluding hydrogens is 479 g/mol. The highest BCUT2D eigenvalue weighted by molar-refractivity contribution is 7.47. The molecule has 0 radical (unpaired) electrons. The van der Waals surface area contributed by atoms with Crippen molar-refractivity contribution in [1.29, 1.82) is 0 Å². The van der Waals surface area contributed by atoms with Gasteiger partial charge < -0.3 is 24.6 Å². The van der Waals surface area contributed by atoms with Gasteiger partial charge in [-0.2, -0.15) is 0 Å². The lowest BCUT2D eigenvalue weighted by molar-refractivity contribution is -0.162. The standard InChI is InChI=1S/C24H45O10P/c1-6-8-10-12-20(25)31-14-19(33-21(26)13-11-9-7-2)15-32-35(29,30)34-24-22(27)17(4)16(3)18(5)23(24)28/h16-19,22-24,27-28H,6-15H2,1-5H3,(H,29,30)/t16?,17-,18+,19?,22-,23?,24?/m1/s1. The lowest BCUT2D eigenvalue weighted by Crippen LogP contribution is -2.54. The number of rotatable bonds is 16. The number of phosphoric ester groups is 1. The molecule has 1 aliphatic carbocycles. The van der Waals surface area contributed by atoms with Crippen LogP contribution >= 0.6 is 7.82 Å². The van der Waals surface area contributed by atoms with Crippen LogP contribution in [0.4, 0.5) is 0 Å². The van der Waals surface area contributed by atoms with Gasteiger partial charge >= 0.3 is 19.8 Å². The molecule has 1 rings (SSSR count). The fourth-order valence-electron chi connectivity index (χ4n) is 4.05. The van der Waals surface area contributed by atoms with Crippen LogP contribution in [0.25, 0.3) is 0 Å². The third-order valence-electron chi connectivity index (χ3n) is 6.79. The van der Waals surface area contributed by atoms with Crippen LogP contribution in [0.5, 0.6) is 0 Å². The Morgan fingerprint density at radius 3 is 1.86 bits per heavy atom. The zero-order chi connectivity index (χ0) is 26.6. The van der Waals surface area contributed by atoms with Crippen molar-refractivity contribution in [2.24, 2.45) is 17.8 Å². The highest BCUT2D eigenvalue weighted by Gasteiger charge is 2.47. The molecule has 0 amide bonds. The topological polar surface area (TPSA) is 149 Å². The van der Waals surface area contributed by atoms with Crippen LogP contribution in [-0.2, 0) is 32.7 Å². The quantitative estimate of drug-likeness (QED) is 0.155. The summed E-state index contributed by atoms with van der Waals surface area (Å²) in [7, 11) is -4.75. The van der Waals surface area contributed by atoms with Crippen molar-refractivity contribution in [3.8, 4) is 0 Å². The Morgan fingerprint density at radius 1 is 0.829 bits per heavy atom. The Hall–Kier alpha value is -1.03. The van der Waals surface area contributed by atoms with Crippen molar-refractivity contribution >= 4 is 19.8 Å². The van der Waals surface area contributed by atoms with E-state index in [1.807, 2.05) is 20.8 Å². The second-order valence-electron chi connectivity index (χ2n) is 9.60. The van der Waals surface area contributed by atoms with E-state index in [1.54, 1.807) is 13.8 Å². The summed E-state index contributed by atoms with van der Waals surface area (Å²) < 4.78 is 33.3. The van der Waals surface area contributed by atoms with E-state index in [4.69, 9.17) is 18.5 Å². The molecule has 5 unspecified atom stereocenters. The number of carbonyl (C=O) groups excluding carboxylic acids is 2. The van der Waals surface area contributed by atoms with E-state index in [-0.39, 0.29) is 37.2 Å². The minimum Gasteiger partial charge on any atom is -0.462 e. The van der Waals surface area contributed by atoms with Gasteiger partial charge in [-0.25, -0.2) is 4.57 Å². The van der Waals surface area contributed by atoms with E-state index < -0.39 is 50.8 Å². The Bertz CT molecular complexity index is 671. The summed E-state index contributed by atoms with van der Waals surface area (Å²) in [5.41, 5.74) is 0. The number of unbranched alkanes of at least 4 members (excludes halogenated alkanes) is 4. The molecule has 35 heavy (non-hydrogen) atoms. The van der Waals surface area contributed by atoms with Gasteiger partial charge in [-0.3, -0.25) is 18.6 Å². The van der Waals surface area contributed by atoms with Gasteiger partial charge in [0, 0.05) is 12.8 Å². The van der Waals surface area contributed by atoms with E-state index in [0.717, 1.165) is 25.7 Å². The van der Waals surface area contributed by atoms with Crippen LogP contribution in [0.3, 0.4) is 0 Å². The third kappa shape index (κ3) is 11.3. The smallest absolute Gasteiger partial charge is 0.462 e. The largest absolute Gasteiger partial charge is 0.472 e. The Balaban J connectivity index is 2.74. The van der Waals surface area contributed by atoms with Crippen molar-refractivity contribution in [2.75, 3.05) is 13.2 Å². The summed E-state index contributed by atoms with van der Waals surface area (Å²) in [5, 5.41) is 21.0. The van der Waals surface area contributed by atoms with Crippen molar-refractivity contribution in [1.82, 2.24) is 0 Å². The number of aliphatic hydroxyl groups excluding tert-OH is 2. The molecule has 0 aromatic heterocycles. The second kappa shape index (κ2) is 15.9. The van der Waals surface area contributed by atoms with E-state index in [1.165, 1.54) is 0 Å². The minimum absolute atomic E-state index is 0.0256. The first-order chi connectivity index (χ1) is 16.4. The van der Waals surface area contributed by atoms with E-state index in [0.29, 0.717) is 12.8 Å². The molecule has 3 N–H and O–H groups in total. The molecule has 0 heterocycles. The predicted molar refractivity (Wildman–Crippen MR) is 129 cm³/mol. The number of hydrogen-bond donors (Lipinski definition) is 3. The lowest BCUT2D eigenvalue weighted by Gasteiger charge is -2.44. The monoisotopic (exact) mass is 524 g/mol. The second-order valence-corrected chi connectivity index (χ2v) is 11.0. The van der Waals surface area contributed by atoms with E-state index >= 15 is 0 Å². The lowest BCUT2D eigenvalue weighted by atomic mass is 9.70. The molecule has 0 bridgehead atoms. The van der Waals surface area contributed by atoms with E-state index in [2.05, 4.69) is 0 Å². The first-order valence-corrected chi connectivity index (χ1v) is 14.3. The summed E-state index contributed by atoms with van der Waals surface area (Å²) in [6.07, 6.45) is 0.533. The van der Waals surface area contributed by atoms with Gasteiger partial charge in [0.15, 0.2) is 6.10 Å². The molecule has 8 atom stereocenters. The summed E-state index contributed by atoms with van der Waals surface area (Å²) in [4.78, 5) is 34.4. The van der Waals surface area contributed by atoms with Crippen molar-refractivity contribution < 1.29 is 47.8 Å². The SMILES string of the molecule is CCCCCC(=O)OCC(COP(=O)(O)OC1C(O)[C@@H](C)C(C)[C@@H](C)[C@H]1O)OC(=O)CCCCC. The number of aliphatic hydroxyl groups is 2. The molecular formula is C24H45O10P. The van der Waals surface area contributed by atoms with Gasteiger partial charge in [0.25, 0.3) is 0 Å². The number of phosphoric acid groups is 1. The Labute approximate surface area is 209 Å². The Morgan fingerprint density at radius 2 is 1.34 bits per heavy atom. The van der Waals surface area contributed by atoms with Gasteiger partial charge in [0.05, 0.1) is 18.8 Å². The molecule has 0 aliphatic heterocycles. The van der Waals surface area contributed by atoms with Crippen molar-refractivity contribution in [3.05, 3.63) is 0 Å². The normalized spacial score (nSPS) is 29.3. The molecule has 11 heteroatoms. The fraction of sp³-hybridized carbons (Fsp3) is 0.917. The van der Waals surface area contributed by atoms with Gasteiger partial charge in [-0.05, 0) is 30.6 Å². The van der Waals surface area contributed by atoms with Crippen LogP contribution in [0, 0.1) is 17.8 Å². The van der Waals surface area contributed by atoms with Crippen LogP contribution in [0.15, 0.2) is 0 Å². The third-order valence-corrected chi connectivity index (χ3v) is 7.77. The molecule has 1 saturated carbocycles. The van der Waals surface area contributed by atoms with Gasteiger partial charge in [-0.1, -0.05) is 60.3 Å². The molecule has 206 valence electrons. The average Bonchev–Trinajstić information content (AvgIpc) is 2.81. The summed E-state index contributed by atoms with van der Waals surface area (Å²) in [6, 6.07) is 0. The van der Waals surface area contributed by atoms with Gasteiger partial charge in [0.2, 0.25) is 0 Å². The molecule has 0 aromatic rings. The zero-order valence-corrected chi connectivity index (χ0v) is 22.7. The first kappa shape index (κ1) is 32.0. The van der Waals surface area contributed by atoms with Crippen molar-refractivity contribution in [3.63, 3.8) is 0 Å². The maximum Gasteiger partial charge on any atom is 0.472 e. The molecule has 1 fully saturated rings. The fourth-order valence-corrected chi connectivity index (χ4v) is 5.02. The molecule has 0 aromatic carbocycles. The highest BCUT2D eigenvalue weighted by atomic mass is 31.2. The van der Waals surface area contributed by atoms with Crippen LogP contribution in [-0.4, -0.2) is 64.7 Å². The van der Waals surface area contributed by atoms with Crippen LogP contribution < -0.4 is 0 Å². The minimum atomic E-state index is -4.75. The van der Waals surface area contributed by atoms with Gasteiger partial charge in [-0.15, -0.1) is 0 Å². The number of esters is 2. The summed E-state index contributed by atoms with van der Waals surface area (Å²) in [5.74, 6) is -1.57. The summed E-state index contributed by atoms with van der Waals surface area (Å²) in [6.45, 7) is 8.57. The average molecular weight is 525 g/mol. The van der Waals surface area contributed by atoms with Crippen LogP contribution in [0.1, 0.15) is 86.0 Å². The highest BCUT2D eigenvalue weighted by Crippen LogP contribution is 2.49. The number of ether oxygens (including phenoxy) is 2. The summed E-state index contributed by atoms with van der Waals surface area (Å²) >= 11 is 0. The molecule has 10 nitrogen and oxygen atoms in total. The number of hydrogen-bond acceptors (Lipinski definition) is 9. The number of carbonyl (C=O) groups is 2. The molecule has 0 saturated heterocycles. The molecule has 0 spiro atoms. The zero-order valence-electron chi connectivity index (χ0n) is 21.8. The molecule has 1 aliphatic rings. The maximum absolute atomic E-state index is 12.6. The van der Waals surface area contributed by atoms with Crippen LogP contribution in [0.2, 0.25) is 0 Å². The van der Waals surface area contributed by atoms with Crippen molar-refractivity contribution in [2.45, 2.75) is 110 Å². The van der Waals surface area contributed by atoms with E-state index in [9.17, 15) is 29.3 Å². The predicted octanol–water partition coefficient (Wildman–Crippen LogP) is 3.75. The van der Waals surface area contributed by atoms with Gasteiger partial charge in [0.1, 0.15) is 12.7 Å². The Kier molecular flexibility index (Phi) is 14.6. The maximum atomic E-state index is 12.6. The first-order valence-electron chi connectivity index (χ1n) is 12.8.